The van der Waals surface area contributed by atoms with Gasteiger partial charge in [-0.1, -0.05) is 13.0 Å². The third kappa shape index (κ3) is 4.73. The molecule has 1 saturated heterocycles. The monoisotopic (exact) mass is 284 g/mol. The van der Waals surface area contributed by atoms with Gasteiger partial charge in [0.25, 0.3) is 0 Å². The van der Waals surface area contributed by atoms with Crippen molar-refractivity contribution >= 4 is 24.0 Å². The van der Waals surface area contributed by atoms with E-state index in [1.165, 1.54) is 0 Å². The van der Waals surface area contributed by atoms with E-state index in [9.17, 15) is 4.79 Å². The summed E-state index contributed by atoms with van der Waals surface area (Å²) in [6, 6.07) is 7.56. The van der Waals surface area contributed by atoms with Crippen LogP contribution >= 0.6 is 12.4 Å². The Hall–Kier alpha value is -1.26. The van der Waals surface area contributed by atoms with Crippen molar-refractivity contribution in [2.24, 2.45) is 5.92 Å². The highest BCUT2D eigenvalue weighted by Gasteiger charge is 2.22. The second-order valence-electron chi connectivity index (χ2n) is 4.56. The Kier molecular flexibility index (Phi) is 6.67. The Bertz CT molecular complexity index is 406. The smallest absolute Gasteiger partial charge is 0.228 e. The van der Waals surface area contributed by atoms with Crippen LogP contribution in [-0.4, -0.2) is 25.6 Å². The van der Waals surface area contributed by atoms with Gasteiger partial charge in [0.15, 0.2) is 0 Å². The molecule has 1 atom stereocenters. The Morgan fingerprint density at radius 1 is 1.53 bits per heavy atom. The molecule has 4 nitrogen and oxygen atoms in total. The maximum absolute atomic E-state index is 11.9. The van der Waals surface area contributed by atoms with Gasteiger partial charge in [-0.05, 0) is 31.5 Å². The number of anilines is 1. The Balaban J connectivity index is 0.00000180. The molecule has 1 unspecified atom stereocenters. The molecule has 1 amide bonds. The van der Waals surface area contributed by atoms with Gasteiger partial charge in [0.2, 0.25) is 5.91 Å². The minimum Gasteiger partial charge on any atom is -0.494 e. The summed E-state index contributed by atoms with van der Waals surface area (Å²) in [5, 5.41) is 6.13. The van der Waals surface area contributed by atoms with Gasteiger partial charge in [-0.15, -0.1) is 12.4 Å². The zero-order chi connectivity index (χ0) is 12.8. The fourth-order valence-corrected chi connectivity index (χ4v) is 2.01. The number of amides is 1. The van der Waals surface area contributed by atoms with Crippen LogP contribution in [0.2, 0.25) is 0 Å². The first-order valence-corrected chi connectivity index (χ1v) is 6.54. The van der Waals surface area contributed by atoms with Crippen LogP contribution in [0.25, 0.3) is 0 Å². The number of ether oxygens (including phenoxy) is 1. The van der Waals surface area contributed by atoms with Crippen LogP contribution in [0.15, 0.2) is 24.3 Å². The first kappa shape index (κ1) is 15.8. The van der Waals surface area contributed by atoms with E-state index in [1.54, 1.807) is 0 Å². The van der Waals surface area contributed by atoms with E-state index in [2.05, 4.69) is 17.6 Å². The summed E-state index contributed by atoms with van der Waals surface area (Å²) in [5.41, 5.74) is 0.806. The Morgan fingerprint density at radius 2 is 2.37 bits per heavy atom. The number of carbonyl (C=O) groups is 1. The lowest BCUT2D eigenvalue weighted by Crippen LogP contribution is -2.24. The molecule has 2 N–H and O–H groups in total. The van der Waals surface area contributed by atoms with E-state index in [4.69, 9.17) is 4.74 Å². The molecule has 1 aliphatic heterocycles. The SMILES string of the molecule is CCCOc1cccc(NC(=O)C2CCNC2)c1.Cl. The van der Waals surface area contributed by atoms with E-state index in [1.807, 2.05) is 24.3 Å². The van der Waals surface area contributed by atoms with Crippen LogP contribution in [0.4, 0.5) is 5.69 Å². The lowest BCUT2D eigenvalue weighted by Gasteiger charge is -2.11. The minimum atomic E-state index is 0. The summed E-state index contributed by atoms with van der Waals surface area (Å²) in [6.07, 6.45) is 1.89. The molecule has 0 aliphatic carbocycles. The van der Waals surface area contributed by atoms with Gasteiger partial charge in [0.1, 0.15) is 5.75 Å². The van der Waals surface area contributed by atoms with E-state index >= 15 is 0 Å². The molecular weight excluding hydrogens is 264 g/mol. The van der Waals surface area contributed by atoms with Crippen molar-refractivity contribution in [2.45, 2.75) is 19.8 Å². The van der Waals surface area contributed by atoms with Gasteiger partial charge in [0, 0.05) is 18.3 Å². The Morgan fingerprint density at radius 3 is 3.05 bits per heavy atom. The normalized spacial score (nSPS) is 17.6. The van der Waals surface area contributed by atoms with Crippen molar-refractivity contribution in [3.8, 4) is 5.75 Å². The fraction of sp³-hybridized carbons (Fsp3) is 0.500. The molecule has 0 radical (unpaired) electrons. The number of rotatable bonds is 5. The summed E-state index contributed by atoms with van der Waals surface area (Å²) in [5.74, 6) is 0.983. The molecule has 106 valence electrons. The lowest BCUT2D eigenvalue weighted by atomic mass is 10.1. The zero-order valence-electron chi connectivity index (χ0n) is 11.1. The fourth-order valence-electron chi connectivity index (χ4n) is 2.01. The molecule has 2 rings (SSSR count). The number of carbonyl (C=O) groups excluding carboxylic acids is 1. The number of nitrogens with one attached hydrogen (secondary N) is 2. The van der Waals surface area contributed by atoms with Crippen LogP contribution in [-0.2, 0) is 4.79 Å². The standard InChI is InChI=1S/C14H20N2O2.ClH/c1-2-8-18-13-5-3-4-12(9-13)16-14(17)11-6-7-15-10-11;/h3-5,9,11,15H,2,6-8,10H2,1H3,(H,16,17);1H. The molecule has 1 heterocycles. The van der Waals surface area contributed by atoms with E-state index in [0.29, 0.717) is 6.61 Å². The second-order valence-corrected chi connectivity index (χ2v) is 4.56. The Labute approximate surface area is 120 Å². The molecule has 1 aliphatic rings. The molecule has 0 aromatic heterocycles. The van der Waals surface area contributed by atoms with Gasteiger partial charge in [-0.3, -0.25) is 4.79 Å². The maximum Gasteiger partial charge on any atom is 0.228 e. The third-order valence-electron chi connectivity index (χ3n) is 3.01. The minimum absolute atomic E-state index is 0. The van der Waals surface area contributed by atoms with Crippen molar-refractivity contribution in [3.05, 3.63) is 24.3 Å². The van der Waals surface area contributed by atoms with Gasteiger partial charge >= 0.3 is 0 Å². The third-order valence-corrected chi connectivity index (χ3v) is 3.01. The zero-order valence-corrected chi connectivity index (χ0v) is 12.0. The average Bonchev–Trinajstić information content (AvgIpc) is 2.91. The molecular formula is C14H21ClN2O2. The first-order valence-electron chi connectivity index (χ1n) is 6.54. The number of halogens is 1. The molecule has 5 heteroatoms. The maximum atomic E-state index is 11.9. The topological polar surface area (TPSA) is 50.4 Å². The quantitative estimate of drug-likeness (QED) is 0.873. The van der Waals surface area contributed by atoms with Crippen LogP contribution in [0.1, 0.15) is 19.8 Å². The molecule has 0 bridgehead atoms. The van der Waals surface area contributed by atoms with Crippen molar-refractivity contribution < 1.29 is 9.53 Å². The molecule has 1 aromatic rings. The summed E-state index contributed by atoms with van der Waals surface area (Å²) < 4.78 is 5.54. The van der Waals surface area contributed by atoms with Gasteiger partial charge in [0.05, 0.1) is 12.5 Å². The molecule has 1 aromatic carbocycles. The highest BCUT2D eigenvalue weighted by molar-refractivity contribution is 5.93. The van der Waals surface area contributed by atoms with Crippen molar-refractivity contribution in [2.75, 3.05) is 25.0 Å². The van der Waals surface area contributed by atoms with Crippen LogP contribution in [0.3, 0.4) is 0 Å². The number of hydrogen-bond acceptors (Lipinski definition) is 3. The summed E-state index contributed by atoms with van der Waals surface area (Å²) in [6.45, 7) is 4.47. The predicted octanol–water partition coefficient (Wildman–Crippen LogP) is 2.45. The van der Waals surface area contributed by atoms with E-state index < -0.39 is 0 Å². The lowest BCUT2D eigenvalue weighted by molar-refractivity contribution is -0.119. The van der Waals surface area contributed by atoms with E-state index in [-0.39, 0.29) is 24.2 Å². The predicted molar refractivity (Wildman–Crippen MR) is 79.1 cm³/mol. The van der Waals surface area contributed by atoms with Gasteiger partial charge < -0.3 is 15.4 Å². The van der Waals surface area contributed by atoms with Crippen molar-refractivity contribution in [1.82, 2.24) is 5.32 Å². The average molecular weight is 285 g/mol. The first-order chi connectivity index (χ1) is 8.79. The highest BCUT2D eigenvalue weighted by Crippen LogP contribution is 2.19. The molecule has 19 heavy (non-hydrogen) atoms. The summed E-state index contributed by atoms with van der Waals surface area (Å²) >= 11 is 0. The molecule has 0 spiro atoms. The molecule has 1 fully saturated rings. The number of benzene rings is 1. The van der Waals surface area contributed by atoms with Gasteiger partial charge in [-0.2, -0.15) is 0 Å². The second kappa shape index (κ2) is 8.02. The van der Waals surface area contributed by atoms with Crippen LogP contribution in [0.5, 0.6) is 5.75 Å². The largest absolute Gasteiger partial charge is 0.494 e. The summed E-state index contributed by atoms with van der Waals surface area (Å²) in [7, 11) is 0. The number of hydrogen-bond donors (Lipinski definition) is 2. The highest BCUT2D eigenvalue weighted by atomic mass is 35.5. The van der Waals surface area contributed by atoms with Crippen molar-refractivity contribution in [1.29, 1.82) is 0 Å². The summed E-state index contributed by atoms with van der Waals surface area (Å²) in [4.78, 5) is 11.9. The van der Waals surface area contributed by atoms with Crippen molar-refractivity contribution in [3.63, 3.8) is 0 Å². The van der Waals surface area contributed by atoms with Crippen LogP contribution < -0.4 is 15.4 Å². The molecule has 0 saturated carbocycles. The van der Waals surface area contributed by atoms with E-state index in [0.717, 1.165) is 37.4 Å². The van der Waals surface area contributed by atoms with Crippen LogP contribution in [0, 0.1) is 5.92 Å². The van der Waals surface area contributed by atoms with Gasteiger partial charge in [-0.25, -0.2) is 0 Å².